The van der Waals surface area contributed by atoms with Crippen molar-refractivity contribution in [2.45, 2.75) is 39.2 Å². The number of hydrogen-bond acceptors (Lipinski definition) is 1. The molecule has 0 spiro atoms. The molecule has 1 unspecified atom stereocenters. The molecule has 1 nitrogen and oxygen atoms in total. The van der Waals surface area contributed by atoms with Crippen molar-refractivity contribution >= 4 is 0 Å². The second-order valence-electron chi connectivity index (χ2n) is 4.68. The fourth-order valence-corrected chi connectivity index (χ4v) is 2.45. The minimum absolute atomic E-state index is 0.218. The molecule has 1 atom stereocenters. The second kappa shape index (κ2) is 3.39. The van der Waals surface area contributed by atoms with Crippen LogP contribution in [0.5, 0.6) is 0 Å². The van der Waals surface area contributed by atoms with Gasteiger partial charge in [0.05, 0.1) is 0 Å². The van der Waals surface area contributed by atoms with Gasteiger partial charge in [0.25, 0.3) is 0 Å². The van der Waals surface area contributed by atoms with Crippen molar-refractivity contribution in [2.75, 3.05) is 6.54 Å². The third kappa shape index (κ3) is 1.57. The Labute approximate surface area is 86.5 Å². The van der Waals surface area contributed by atoms with Crippen LogP contribution in [0.1, 0.15) is 36.5 Å². The Bertz CT molecular complexity index is 335. The summed E-state index contributed by atoms with van der Waals surface area (Å²) in [6, 6.07) is 6.75. The van der Waals surface area contributed by atoms with Crippen molar-refractivity contribution in [1.82, 2.24) is 5.32 Å². The first-order valence-electron chi connectivity index (χ1n) is 5.45. The third-order valence-electron chi connectivity index (χ3n) is 3.36. The van der Waals surface area contributed by atoms with Crippen molar-refractivity contribution in [3.05, 3.63) is 34.9 Å². The van der Waals surface area contributed by atoms with Crippen molar-refractivity contribution in [3.8, 4) is 0 Å². The molecule has 2 rings (SSSR count). The number of hydrogen-bond donors (Lipinski definition) is 1. The molecule has 1 heterocycles. The van der Waals surface area contributed by atoms with E-state index in [1.165, 1.54) is 29.5 Å². The summed E-state index contributed by atoms with van der Waals surface area (Å²) in [6.45, 7) is 7.85. The average molecular weight is 189 g/mol. The van der Waals surface area contributed by atoms with E-state index in [1.807, 2.05) is 0 Å². The van der Waals surface area contributed by atoms with Gasteiger partial charge in [0.15, 0.2) is 0 Å². The Hall–Kier alpha value is -0.820. The monoisotopic (exact) mass is 189 g/mol. The molecule has 1 fully saturated rings. The van der Waals surface area contributed by atoms with Gasteiger partial charge in [-0.3, -0.25) is 0 Å². The maximum Gasteiger partial charge on any atom is 0.0409 e. The molecule has 1 aliphatic rings. The summed E-state index contributed by atoms with van der Waals surface area (Å²) in [5.74, 6) is 0. The van der Waals surface area contributed by atoms with Crippen LogP contribution in [0.2, 0.25) is 0 Å². The zero-order chi connectivity index (χ0) is 10.2. The fraction of sp³-hybridized carbons (Fsp3) is 0.538. The standard InChI is InChI=1S/C13H19N/c1-10-5-6-11(2)12(9-10)13(3)7-4-8-14-13/h5-6,9,14H,4,7-8H2,1-3H3. The van der Waals surface area contributed by atoms with Crippen molar-refractivity contribution in [3.63, 3.8) is 0 Å². The zero-order valence-electron chi connectivity index (χ0n) is 9.35. The van der Waals surface area contributed by atoms with Gasteiger partial charge in [-0.2, -0.15) is 0 Å². The molecule has 0 amide bonds. The number of benzene rings is 1. The highest BCUT2D eigenvalue weighted by atomic mass is 15.0. The summed E-state index contributed by atoms with van der Waals surface area (Å²) in [5, 5.41) is 3.62. The van der Waals surface area contributed by atoms with Gasteiger partial charge in [-0.15, -0.1) is 0 Å². The maximum absolute atomic E-state index is 3.62. The molecule has 1 aromatic carbocycles. The van der Waals surface area contributed by atoms with E-state index in [1.54, 1.807) is 0 Å². The summed E-state index contributed by atoms with van der Waals surface area (Å²) in [5.41, 5.74) is 4.47. The lowest BCUT2D eigenvalue weighted by molar-refractivity contribution is 0.432. The summed E-state index contributed by atoms with van der Waals surface area (Å²) in [7, 11) is 0. The van der Waals surface area contributed by atoms with Crippen LogP contribution in [-0.2, 0) is 5.54 Å². The Balaban J connectivity index is 2.44. The highest BCUT2D eigenvalue weighted by Crippen LogP contribution is 2.32. The lowest BCUT2D eigenvalue weighted by Crippen LogP contribution is -2.33. The second-order valence-corrected chi connectivity index (χ2v) is 4.68. The molecule has 1 aliphatic heterocycles. The van der Waals surface area contributed by atoms with E-state index in [2.05, 4.69) is 44.3 Å². The van der Waals surface area contributed by atoms with Crippen molar-refractivity contribution in [2.24, 2.45) is 0 Å². The van der Waals surface area contributed by atoms with Gasteiger partial charge in [-0.05, 0) is 51.3 Å². The maximum atomic E-state index is 3.62. The van der Waals surface area contributed by atoms with Crippen molar-refractivity contribution in [1.29, 1.82) is 0 Å². The van der Waals surface area contributed by atoms with E-state index in [4.69, 9.17) is 0 Å². The number of aryl methyl sites for hydroxylation is 2. The van der Waals surface area contributed by atoms with Crippen LogP contribution in [0.25, 0.3) is 0 Å². The molecular formula is C13H19N. The predicted molar refractivity (Wildman–Crippen MR) is 60.5 cm³/mol. The summed E-state index contributed by atoms with van der Waals surface area (Å²) >= 11 is 0. The van der Waals surface area contributed by atoms with Gasteiger partial charge in [0.2, 0.25) is 0 Å². The van der Waals surface area contributed by atoms with E-state index in [0.29, 0.717) is 0 Å². The van der Waals surface area contributed by atoms with E-state index < -0.39 is 0 Å². The predicted octanol–water partition coefficient (Wildman–Crippen LogP) is 2.90. The quantitative estimate of drug-likeness (QED) is 0.716. The molecule has 1 saturated heterocycles. The van der Waals surface area contributed by atoms with Crippen LogP contribution in [-0.4, -0.2) is 6.54 Å². The number of nitrogens with one attached hydrogen (secondary N) is 1. The molecule has 0 saturated carbocycles. The van der Waals surface area contributed by atoms with Crippen LogP contribution in [0, 0.1) is 13.8 Å². The fourth-order valence-electron chi connectivity index (χ4n) is 2.45. The van der Waals surface area contributed by atoms with Gasteiger partial charge in [-0.1, -0.05) is 23.8 Å². The minimum atomic E-state index is 0.218. The highest BCUT2D eigenvalue weighted by molar-refractivity contribution is 5.36. The highest BCUT2D eigenvalue weighted by Gasteiger charge is 2.30. The first-order valence-corrected chi connectivity index (χ1v) is 5.45. The topological polar surface area (TPSA) is 12.0 Å². The van der Waals surface area contributed by atoms with Gasteiger partial charge in [0, 0.05) is 5.54 Å². The van der Waals surface area contributed by atoms with Crippen LogP contribution in [0.15, 0.2) is 18.2 Å². The summed E-state index contributed by atoms with van der Waals surface area (Å²) in [6.07, 6.45) is 2.56. The van der Waals surface area contributed by atoms with Crippen LogP contribution in [0.4, 0.5) is 0 Å². The lowest BCUT2D eigenvalue weighted by Gasteiger charge is -2.27. The Morgan fingerprint density at radius 1 is 1.29 bits per heavy atom. The molecule has 1 N–H and O–H groups in total. The average Bonchev–Trinajstić information content (AvgIpc) is 2.58. The zero-order valence-corrected chi connectivity index (χ0v) is 9.35. The van der Waals surface area contributed by atoms with Crippen LogP contribution < -0.4 is 5.32 Å². The van der Waals surface area contributed by atoms with Crippen LogP contribution in [0.3, 0.4) is 0 Å². The van der Waals surface area contributed by atoms with Gasteiger partial charge in [-0.25, -0.2) is 0 Å². The van der Waals surface area contributed by atoms with Gasteiger partial charge < -0.3 is 5.32 Å². The number of rotatable bonds is 1. The van der Waals surface area contributed by atoms with E-state index >= 15 is 0 Å². The molecule has 0 aromatic heterocycles. The molecule has 76 valence electrons. The third-order valence-corrected chi connectivity index (χ3v) is 3.36. The summed E-state index contributed by atoms with van der Waals surface area (Å²) < 4.78 is 0. The van der Waals surface area contributed by atoms with E-state index in [0.717, 1.165) is 6.54 Å². The molecule has 0 radical (unpaired) electrons. The van der Waals surface area contributed by atoms with Gasteiger partial charge in [0.1, 0.15) is 0 Å². The molecule has 14 heavy (non-hydrogen) atoms. The first kappa shape index (κ1) is 9.72. The smallest absolute Gasteiger partial charge is 0.0409 e. The molecular weight excluding hydrogens is 170 g/mol. The minimum Gasteiger partial charge on any atom is -0.308 e. The van der Waals surface area contributed by atoms with Gasteiger partial charge >= 0.3 is 0 Å². The van der Waals surface area contributed by atoms with E-state index in [9.17, 15) is 0 Å². The van der Waals surface area contributed by atoms with Crippen molar-refractivity contribution < 1.29 is 0 Å². The molecule has 1 aromatic rings. The molecule has 0 aliphatic carbocycles. The Morgan fingerprint density at radius 2 is 2.07 bits per heavy atom. The SMILES string of the molecule is Cc1ccc(C)c(C2(C)CCCN2)c1. The Morgan fingerprint density at radius 3 is 2.71 bits per heavy atom. The molecule has 1 heteroatoms. The normalized spacial score (nSPS) is 26.8. The summed E-state index contributed by atoms with van der Waals surface area (Å²) in [4.78, 5) is 0. The van der Waals surface area contributed by atoms with Crippen LogP contribution >= 0.6 is 0 Å². The lowest BCUT2D eigenvalue weighted by atomic mass is 9.86. The Kier molecular flexibility index (Phi) is 2.36. The first-order chi connectivity index (χ1) is 6.62. The largest absolute Gasteiger partial charge is 0.308 e. The van der Waals surface area contributed by atoms with E-state index in [-0.39, 0.29) is 5.54 Å². The molecule has 0 bridgehead atoms.